The largest absolute Gasteiger partial charge is 0.453 e. The Bertz CT molecular complexity index is 1190. The molecule has 178 valence electrons. The molecule has 0 spiro atoms. The van der Waals surface area contributed by atoms with E-state index in [1.807, 2.05) is 30.3 Å². The van der Waals surface area contributed by atoms with Crippen molar-refractivity contribution in [1.82, 2.24) is 4.90 Å². The van der Waals surface area contributed by atoms with Crippen molar-refractivity contribution < 1.29 is 23.9 Å². The summed E-state index contributed by atoms with van der Waals surface area (Å²) in [4.78, 5) is 54.8. The maximum absolute atomic E-state index is 13.7. The van der Waals surface area contributed by atoms with Gasteiger partial charge in [0.1, 0.15) is 6.04 Å². The van der Waals surface area contributed by atoms with E-state index in [9.17, 15) is 19.2 Å². The molecular weight excluding hydrogens is 442 g/mol. The number of hydrogen-bond acceptors (Lipinski definition) is 5. The van der Waals surface area contributed by atoms with Crippen LogP contribution in [0.5, 0.6) is 0 Å². The number of ketones is 1. The number of likely N-dealkylation sites (tertiary alicyclic amines) is 1. The topological polar surface area (TPSA) is 80.8 Å². The van der Waals surface area contributed by atoms with E-state index >= 15 is 0 Å². The summed E-state index contributed by atoms with van der Waals surface area (Å²) in [6, 6.07) is 16.8. The molecule has 4 aliphatic carbocycles. The first-order valence-corrected chi connectivity index (χ1v) is 12.3. The summed E-state index contributed by atoms with van der Waals surface area (Å²) in [6.07, 6.45) is 4.41. The second kappa shape index (κ2) is 8.29. The van der Waals surface area contributed by atoms with Crippen molar-refractivity contribution in [1.29, 1.82) is 0 Å². The Morgan fingerprint density at radius 3 is 2.00 bits per heavy atom. The zero-order chi connectivity index (χ0) is 24.3. The monoisotopic (exact) mass is 469 g/mol. The van der Waals surface area contributed by atoms with Gasteiger partial charge in [-0.1, -0.05) is 72.8 Å². The second-order valence-corrected chi connectivity index (χ2v) is 10.2. The van der Waals surface area contributed by atoms with Crippen LogP contribution in [0.1, 0.15) is 29.3 Å². The molecule has 1 saturated heterocycles. The van der Waals surface area contributed by atoms with Crippen molar-refractivity contribution >= 4 is 23.6 Å². The first-order valence-electron chi connectivity index (χ1n) is 12.3. The van der Waals surface area contributed by atoms with Crippen molar-refractivity contribution in [2.45, 2.75) is 31.9 Å². The molecule has 3 fully saturated rings. The van der Waals surface area contributed by atoms with Crippen molar-refractivity contribution in [3.05, 3.63) is 83.9 Å². The molecule has 2 amide bonds. The van der Waals surface area contributed by atoms with E-state index in [0.717, 1.165) is 12.0 Å². The van der Waals surface area contributed by atoms with E-state index < -0.39 is 30.0 Å². The summed E-state index contributed by atoms with van der Waals surface area (Å²) < 4.78 is 5.61. The molecule has 8 atom stereocenters. The van der Waals surface area contributed by atoms with E-state index in [2.05, 4.69) is 12.2 Å². The molecule has 0 unspecified atom stereocenters. The molecule has 6 nitrogen and oxygen atoms in total. The van der Waals surface area contributed by atoms with Crippen molar-refractivity contribution in [3.63, 3.8) is 0 Å². The molecule has 5 aliphatic rings. The average Bonchev–Trinajstić information content (AvgIpc) is 3.67. The maximum Gasteiger partial charge on any atom is 0.330 e. The van der Waals surface area contributed by atoms with Gasteiger partial charge in [-0.05, 0) is 42.6 Å². The molecule has 1 aliphatic heterocycles. The Kier molecular flexibility index (Phi) is 5.20. The fraction of sp³-hybridized carbons (Fsp3) is 0.379. The summed E-state index contributed by atoms with van der Waals surface area (Å²) in [6.45, 7) is 1.53. The summed E-state index contributed by atoms with van der Waals surface area (Å²) in [5, 5.41) is 0. The van der Waals surface area contributed by atoms with Crippen LogP contribution >= 0.6 is 0 Å². The van der Waals surface area contributed by atoms with Gasteiger partial charge in [-0.25, -0.2) is 4.79 Å². The van der Waals surface area contributed by atoms with Crippen LogP contribution in [-0.4, -0.2) is 40.6 Å². The first-order chi connectivity index (χ1) is 17.0. The quantitative estimate of drug-likeness (QED) is 0.269. The number of carbonyl (C=O) groups excluding carboxylic acids is 4. The van der Waals surface area contributed by atoms with Crippen LogP contribution in [0.15, 0.2) is 72.8 Å². The lowest BCUT2D eigenvalue weighted by molar-refractivity contribution is -0.160. The first kappa shape index (κ1) is 22.0. The summed E-state index contributed by atoms with van der Waals surface area (Å²) in [5.74, 6) is -1.28. The molecule has 0 radical (unpaired) electrons. The molecular formula is C29H27NO5. The minimum atomic E-state index is -1.11. The Labute approximate surface area is 203 Å². The van der Waals surface area contributed by atoms with Crippen LogP contribution in [0.2, 0.25) is 0 Å². The molecule has 2 bridgehead atoms. The summed E-state index contributed by atoms with van der Waals surface area (Å²) >= 11 is 0. The number of hydrogen-bond donors (Lipinski definition) is 0. The van der Waals surface area contributed by atoms with Crippen LogP contribution in [0.4, 0.5) is 0 Å². The third-order valence-electron chi connectivity index (χ3n) is 8.27. The lowest BCUT2D eigenvalue weighted by atomic mass is 9.63. The van der Waals surface area contributed by atoms with Gasteiger partial charge in [-0.3, -0.25) is 19.3 Å². The molecule has 7 rings (SSSR count). The van der Waals surface area contributed by atoms with Crippen molar-refractivity contribution in [2.24, 2.45) is 35.5 Å². The van der Waals surface area contributed by atoms with Gasteiger partial charge in [-0.2, -0.15) is 0 Å². The van der Waals surface area contributed by atoms with Gasteiger partial charge in [0.2, 0.25) is 17.6 Å². The highest BCUT2D eigenvalue weighted by atomic mass is 16.5. The Morgan fingerprint density at radius 2 is 1.43 bits per heavy atom. The SMILES string of the molecule is C[C@H](OC(=O)[C@H](Cc1ccccc1)N1C(=O)[C@@H]2[C@H]3C=C[C@@H]([C@@H]4C[C@@H]34)[C@@H]2C1=O)C(=O)c1ccccc1. The van der Waals surface area contributed by atoms with Crippen LogP contribution in [0.3, 0.4) is 0 Å². The lowest BCUT2D eigenvalue weighted by Gasteiger charge is -2.37. The number of esters is 1. The van der Waals surface area contributed by atoms with Gasteiger partial charge >= 0.3 is 5.97 Å². The van der Waals surface area contributed by atoms with Crippen LogP contribution in [0, 0.1) is 35.5 Å². The summed E-state index contributed by atoms with van der Waals surface area (Å²) in [7, 11) is 0. The standard InChI is InChI=1S/C29H27NO5/c1-16(26(31)18-10-6-3-7-11-18)35-29(34)23(14-17-8-4-2-5-9-17)30-27(32)24-19-12-13-20(22-15-21(19)22)25(24)28(30)33/h2-13,16,19-25H,14-15H2,1H3/t16-,19-,20-,21-,22-,23-,24-,25+/m0/s1. The number of rotatable bonds is 7. The van der Waals surface area contributed by atoms with Gasteiger partial charge < -0.3 is 4.74 Å². The maximum atomic E-state index is 13.7. The number of allylic oxidation sites excluding steroid dienone is 2. The number of benzene rings is 2. The fourth-order valence-corrected chi connectivity index (χ4v) is 6.55. The molecule has 0 aromatic heterocycles. The zero-order valence-corrected chi connectivity index (χ0v) is 19.4. The minimum absolute atomic E-state index is 0.0726. The highest BCUT2D eigenvalue weighted by Crippen LogP contribution is 2.65. The minimum Gasteiger partial charge on any atom is -0.453 e. The normalized spacial score (nSPS) is 31.5. The molecule has 6 heteroatoms. The van der Waals surface area contributed by atoms with Crippen molar-refractivity contribution in [3.8, 4) is 0 Å². The third-order valence-corrected chi connectivity index (χ3v) is 8.27. The van der Waals surface area contributed by atoms with Crippen LogP contribution in [0.25, 0.3) is 0 Å². The Balaban J connectivity index is 1.28. The number of Topliss-reactive ketones (excluding diaryl/α,β-unsaturated/α-hetero) is 1. The van der Waals surface area contributed by atoms with E-state index in [0.29, 0.717) is 17.4 Å². The van der Waals surface area contributed by atoms with E-state index in [1.165, 1.54) is 11.8 Å². The molecule has 2 aromatic carbocycles. The fourth-order valence-electron chi connectivity index (χ4n) is 6.55. The van der Waals surface area contributed by atoms with E-state index in [1.54, 1.807) is 30.3 Å². The van der Waals surface area contributed by atoms with Gasteiger partial charge in [0.15, 0.2) is 6.10 Å². The van der Waals surface area contributed by atoms with Crippen LogP contribution < -0.4 is 0 Å². The lowest BCUT2D eigenvalue weighted by Crippen LogP contribution is -2.49. The number of carbonyl (C=O) groups is 4. The second-order valence-electron chi connectivity index (χ2n) is 10.2. The van der Waals surface area contributed by atoms with Gasteiger partial charge in [0.05, 0.1) is 11.8 Å². The van der Waals surface area contributed by atoms with Gasteiger partial charge in [0, 0.05) is 12.0 Å². The smallest absolute Gasteiger partial charge is 0.330 e. The van der Waals surface area contributed by atoms with E-state index in [4.69, 9.17) is 4.74 Å². The van der Waals surface area contributed by atoms with Crippen molar-refractivity contribution in [2.75, 3.05) is 0 Å². The molecule has 35 heavy (non-hydrogen) atoms. The van der Waals surface area contributed by atoms with Gasteiger partial charge in [-0.15, -0.1) is 0 Å². The zero-order valence-electron chi connectivity index (χ0n) is 19.4. The molecule has 0 N–H and O–H groups in total. The highest BCUT2D eigenvalue weighted by Gasteiger charge is 2.68. The predicted molar refractivity (Wildman–Crippen MR) is 127 cm³/mol. The Hall–Kier alpha value is -3.54. The van der Waals surface area contributed by atoms with E-state index in [-0.39, 0.29) is 35.9 Å². The molecule has 2 aromatic rings. The van der Waals surface area contributed by atoms with Gasteiger partial charge in [0.25, 0.3) is 0 Å². The predicted octanol–water partition coefficient (Wildman–Crippen LogP) is 3.47. The summed E-state index contributed by atoms with van der Waals surface area (Å²) in [5.41, 5.74) is 1.25. The van der Waals surface area contributed by atoms with Crippen LogP contribution in [-0.2, 0) is 25.5 Å². The highest BCUT2D eigenvalue weighted by molar-refractivity contribution is 6.09. The Morgan fingerprint density at radius 1 is 0.886 bits per heavy atom. The molecule has 2 saturated carbocycles. The number of amides is 2. The number of ether oxygens (including phenoxy) is 1. The average molecular weight is 470 g/mol. The third kappa shape index (κ3) is 3.54. The number of nitrogens with zero attached hydrogens (tertiary/aromatic N) is 1. The number of imide groups is 1. The molecule has 1 heterocycles.